The molecule has 1 amide bonds. The maximum atomic E-state index is 13.7. The molecular formula is C29H42N2O4Si. The van der Waals surface area contributed by atoms with E-state index in [0.29, 0.717) is 33.5 Å². The standard InChI is InChI=1S/C29H42N2O4Si/c1-20(2)36(21(3)4,22(5)6)35-25-19-31(27(32)23-15-11-10-12-16-23)30-18-14-13-17-24(30)26(25)28(33)34-29(7,8)9/h10-18,20-22,24H,19H2,1-9H3/t24-/m1/s1. The van der Waals surface area contributed by atoms with Crippen LogP contribution in [0.2, 0.25) is 16.6 Å². The van der Waals surface area contributed by atoms with Crippen molar-refractivity contribution in [3.63, 3.8) is 0 Å². The topological polar surface area (TPSA) is 59.1 Å². The number of benzene rings is 1. The van der Waals surface area contributed by atoms with Gasteiger partial charge >= 0.3 is 5.97 Å². The predicted molar refractivity (Wildman–Crippen MR) is 146 cm³/mol. The van der Waals surface area contributed by atoms with Crippen molar-refractivity contribution >= 4 is 20.2 Å². The van der Waals surface area contributed by atoms with Crippen LogP contribution in [0.1, 0.15) is 72.7 Å². The van der Waals surface area contributed by atoms with Gasteiger partial charge in [-0.2, -0.15) is 0 Å². The summed E-state index contributed by atoms with van der Waals surface area (Å²) in [4.78, 5) is 27.4. The molecule has 1 aromatic rings. The molecule has 2 heterocycles. The quantitative estimate of drug-likeness (QED) is 0.305. The Morgan fingerprint density at radius 1 is 0.944 bits per heavy atom. The minimum atomic E-state index is -2.43. The minimum absolute atomic E-state index is 0.143. The molecule has 7 heteroatoms. The molecule has 0 radical (unpaired) electrons. The average molecular weight is 511 g/mol. The van der Waals surface area contributed by atoms with E-state index in [-0.39, 0.29) is 12.5 Å². The van der Waals surface area contributed by atoms with Crippen LogP contribution >= 0.6 is 0 Å². The summed E-state index contributed by atoms with van der Waals surface area (Å²) in [7, 11) is -2.43. The van der Waals surface area contributed by atoms with Gasteiger partial charge in [-0.15, -0.1) is 0 Å². The summed E-state index contributed by atoms with van der Waals surface area (Å²) < 4.78 is 13.0. The number of fused-ring (bicyclic) bond motifs is 1. The lowest BCUT2D eigenvalue weighted by atomic mass is 9.99. The van der Waals surface area contributed by atoms with Crippen molar-refractivity contribution in [1.82, 2.24) is 10.0 Å². The number of nitrogens with zero attached hydrogens (tertiary/aromatic N) is 2. The molecule has 2 aliphatic rings. The van der Waals surface area contributed by atoms with Gasteiger partial charge < -0.3 is 9.16 Å². The summed E-state index contributed by atoms with van der Waals surface area (Å²) in [6.07, 6.45) is 7.54. The normalized spacial score (nSPS) is 18.3. The number of carbonyl (C=O) groups is 2. The summed E-state index contributed by atoms with van der Waals surface area (Å²) in [6, 6.07) is 8.72. The molecule has 1 atom stereocenters. The molecule has 36 heavy (non-hydrogen) atoms. The van der Waals surface area contributed by atoms with Crippen molar-refractivity contribution in [1.29, 1.82) is 0 Å². The molecule has 0 spiro atoms. The smallest absolute Gasteiger partial charge is 0.340 e. The van der Waals surface area contributed by atoms with Crippen molar-refractivity contribution in [3.8, 4) is 0 Å². The van der Waals surface area contributed by atoms with E-state index < -0.39 is 25.9 Å². The van der Waals surface area contributed by atoms with Gasteiger partial charge in [-0.1, -0.05) is 71.9 Å². The monoisotopic (exact) mass is 510 g/mol. The van der Waals surface area contributed by atoms with Crippen LogP contribution in [-0.4, -0.2) is 48.4 Å². The molecule has 3 rings (SSSR count). The molecule has 196 valence electrons. The third-order valence-electron chi connectivity index (χ3n) is 6.98. The van der Waals surface area contributed by atoms with Crippen LogP contribution < -0.4 is 0 Å². The summed E-state index contributed by atoms with van der Waals surface area (Å²) in [6.45, 7) is 19.0. The molecule has 0 saturated heterocycles. The second kappa shape index (κ2) is 10.7. The first-order valence-corrected chi connectivity index (χ1v) is 15.1. The molecule has 0 aromatic heterocycles. The lowest BCUT2D eigenvalue weighted by Gasteiger charge is -2.49. The van der Waals surface area contributed by atoms with Gasteiger partial charge in [0.05, 0.1) is 6.54 Å². The fourth-order valence-electron chi connectivity index (χ4n) is 5.54. The summed E-state index contributed by atoms with van der Waals surface area (Å²) in [5, 5.41) is 3.51. The summed E-state index contributed by atoms with van der Waals surface area (Å²) in [5.74, 6) is 0.00622. The number of amides is 1. The van der Waals surface area contributed by atoms with Crippen LogP contribution in [0.25, 0.3) is 0 Å². The Morgan fingerprint density at radius 3 is 2.06 bits per heavy atom. The van der Waals surface area contributed by atoms with Crippen LogP contribution in [0.15, 0.2) is 66.1 Å². The highest BCUT2D eigenvalue weighted by Crippen LogP contribution is 2.45. The van der Waals surface area contributed by atoms with Crippen LogP contribution in [0.3, 0.4) is 0 Å². The molecule has 0 saturated carbocycles. The Morgan fingerprint density at radius 2 is 1.53 bits per heavy atom. The first-order chi connectivity index (χ1) is 16.8. The van der Waals surface area contributed by atoms with Gasteiger partial charge in [-0.25, -0.2) is 9.80 Å². The number of hydrogen-bond donors (Lipinski definition) is 0. The molecule has 2 aliphatic heterocycles. The first-order valence-electron chi connectivity index (χ1n) is 12.9. The number of hydrazine groups is 1. The average Bonchev–Trinajstić information content (AvgIpc) is 2.80. The molecule has 6 nitrogen and oxygen atoms in total. The van der Waals surface area contributed by atoms with E-state index in [0.717, 1.165) is 0 Å². The Bertz CT molecular complexity index is 1030. The Balaban J connectivity index is 2.20. The van der Waals surface area contributed by atoms with Crippen LogP contribution in [0.4, 0.5) is 0 Å². The Labute approximate surface area is 217 Å². The van der Waals surface area contributed by atoms with Gasteiger partial charge in [0.15, 0.2) is 0 Å². The summed E-state index contributed by atoms with van der Waals surface area (Å²) >= 11 is 0. The fourth-order valence-corrected chi connectivity index (χ4v) is 10.9. The minimum Gasteiger partial charge on any atom is -0.544 e. The maximum absolute atomic E-state index is 13.7. The van der Waals surface area contributed by atoms with Crippen molar-refractivity contribution in [2.24, 2.45) is 0 Å². The van der Waals surface area contributed by atoms with E-state index in [1.165, 1.54) is 0 Å². The second-order valence-electron chi connectivity index (χ2n) is 11.5. The van der Waals surface area contributed by atoms with Gasteiger partial charge in [0.2, 0.25) is 0 Å². The van der Waals surface area contributed by atoms with Gasteiger partial charge in [0.25, 0.3) is 14.2 Å². The van der Waals surface area contributed by atoms with E-state index in [2.05, 4.69) is 41.5 Å². The molecule has 0 aliphatic carbocycles. The van der Waals surface area contributed by atoms with Gasteiger partial charge in [-0.05, 0) is 55.6 Å². The zero-order chi connectivity index (χ0) is 26.8. The number of hydrogen-bond acceptors (Lipinski definition) is 5. The zero-order valence-corrected chi connectivity index (χ0v) is 24.2. The zero-order valence-electron chi connectivity index (χ0n) is 23.2. The molecule has 0 bridgehead atoms. The van der Waals surface area contributed by atoms with Crippen LogP contribution in [-0.2, 0) is 14.0 Å². The largest absolute Gasteiger partial charge is 0.544 e. The van der Waals surface area contributed by atoms with Crippen LogP contribution in [0.5, 0.6) is 0 Å². The van der Waals surface area contributed by atoms with Crippen molar-refractivity contribution in [2.45, 2.75) is 90.6 Å². The lowest BCUT2D eigenvalue weighted by Crippen LogP contribution is -2.57. The first kappa shape index (κ1) is 27.8. The molecule has 1 aromatic carbocycles. The highest BCUT2D eigenvalue weighted by atomic mass is 28.4. The maximum Gasteiger partial charge on any atom is 0.340 e. The van der Waals surface area contributed by atoms with E-state index >= 15 is 0 Å². The second-order valence-corrected chi connectivity index (χ2v) is 16.9. The van der Waals surface area contributed by atoms with E-state index in [1.807, 2.05) is 80.5 Å². The van der Waals surface area contributed by atoms with Crippen molar-refractivity contribution < 1.29 is 18.8 Å². The highest BCUT2D eigenvalue weighted by molar-refractivity contribution is 6.77. The third-order valence-corrected chi connectivity index (χ3v) is 13.0. The van der Waals surface area contributed by atoms with Gasteiger partial charge in [-0.3, -0.25) is 9.80 Å². The third kappa shape index (κ3) is 5.46. The predicted octanol–water partition coefficient (Wildman–Crippen LogP) is 6.60. The van der Waals surface area contributed by atoms with E-state index in [9.17, 15) is 9.59 Å². The number of ether oxygens (including phenoxy) is 1. The Hall–Kier alpha value is -2.80. The Kier molecular flexibility index (Phi) is 8.23. The van der Waals surface area contributed by atoms with E-state index in [1.54, 1.807) is 5.01 Å². The SMILES string of the molecule is CC(C)[Si](OC1=C(C(=O)OC(C)(C)C)[C@H]2C=CC=CN2N(C(=O)c2ccccc2)C1)(C(C)C)C(C)C. The number of allylic oxidation sites excluding steroid dienone is 2. The van der Waals surface area contributed by atoms with Gasteiger partial charge in [0, 0.05) is 11.8 Å². The molecular weight excluding hydrogens is 468 g/mol. The summed E-state index contributed by atoms with van der Waals surface area (Å²) in [5.41, 5.74) is 1.32. The lowest BCUT2D eigenvalue weighted by molar-refractivity contribution is -0.151. The number of esters is 1. The number of rotatable bonds is 7. The molecule has 0 N–H and O–H groups in total. The molecule has 0 unspecified atom stereocenters. The van der Waals surface area contributed by atoms with E-state index in [4.69, 9.17) is 9.16 Å². The molecule has 0 fully saturated rings. The van der Waals surface area contributed by atoms with Crippen molar-refractivity contribution in [3.05, 3.63) is 71.7 Å². The van der Waals surface area contributed by atoms with Gasteiger partial charge in [0.1, 0.15) is 23.0 Å². The fraction of sp³-hybridized carbons (Fsp3) is 0.517. The number of carbonyl (C=O) groups excluding carboxylic acids is 2. The highest BCUT2D eigenvalue weighted by Gasteiger charge is 2.50. The van der Waals surface area contributed by atoms with Crippen molar-refractivity contribution in [2.75, 3.05) is 6.54 Å². The van der Waals surface area contributed by atoms with Crippen LogP contribution in [0, 0.1) is 0 Å².